The summed E-state index contributed by atoms with van der Waals surface area (Å²) in [6.07, 6.45) is 5.36. The molecule has 34 heavy (non-hydrogen) atoms. The van der Waals surface area contributed by atoms with E-state index in [9.17, 15) is 17.6 Å². The van der Waals surface area contributed by atoms with E-state index in [4.69, 9.17) is 34.8 Å². The fourth-order valence-electron chi connectivity index (χ4n) is 3.70. The molecule has 1 aromatic heterocycles. The first-order valence-electron chi connectivity index (χ1n) is 10.4. The van der Waals surface area contributed by atoms with Crippen LogP contribution >= 0.6 is 34.8 Å². The van der Waals surface area contributed by atoms with Gasteiger partial charge in [-0.25, -0.2) is 12.8 Å². The molecule has 1 aliphatic heterocycles. The average molecular weight is 546 g/mol. The number of hydrogen-bond acceptors (Lipinski definition) is 4. The van der Waals surface area contributed by atoms with Crippen molar-refractivity contribution in [2.45, 2.75) is 30.7 Å². The van der Waals surface area contributed by atoms with Crippen LogP contribution in [-0.2, 0) is 16.6 Å². The molecule has 2 aromatic carbocycles. The number of nitrogens with zero attached hydrogens (tertiary/aromatic N) is 3. The Kier molecular flexibility index (Phi) is 7.49. The van der Waals surface area contributed by atoms with E-state index in [0.29, 0.717) is 18.8 Å². The number of carbonyl (C=O) groups excluding carboxylic acids is 1. The molecule has 0 bridgehead atoms. The number of sulfonamides is 1. The van der Waals surface area contributed by atoms with Crippen molar-refractivity contribution < 1.29 is 17.6 Å². The van der Waals surface area contributed by atoms with Crippen LogP contribution in [0.2, 0.25) is 15.1 Å². The molecule has 2 heterocycles. The van der Waals surface area contributed by atoms with Crippen molar-refractivity contribution in [3.8, 4) is 0 Å². The summed E-state index contributed by atoms with van der Waals surface area (Å²) >= 11 is 18.5. The first-order valence-corrected chi connectivity index (χ1v) is 13.0. The van der Waals surface area contributed by atoms with Gasteiger partial charge < -0.3 is 5.32 Å². The summed E-state index contributed by atoms with van der Waals surface area (Å²) in [5, 5.41) is 6.95. The Morgan fingerprint density at radius 2 is 1.79 bits per heavy atom. The second kappa shape index (κ2) is 10.2. The Hall–Kier alpha value is -2.17. The van der Waals surface area contributed by atoms with Crippen LogP contribution in [-0.4, -0.2) is 41.5 Å². The molecule has 3 aromatic rings. The Balaban J connectivity index is 1.55. The van der Waals surface area contributed by atoms with Crippen LogP contribution in [0.5, 0.6) is 0 Å². The topological polar surface area (TPSA) is 84.3 Å². The number of benzene rings is 2. The Morgan fingerprint density at radius 3 is 2.50 bits per heavy atom. The van der Waals surface area contributed by atoms with Gasteiger partial charge in [-0.3, -0.25) is 9.48 Å². The lowest BCUT2D eigenvalue weighted by Gasteiger charge is -2.26. The molecule has 1 saturated heterocycles. The fraction of sp³-hybridized carbons (Fsp3) is 0.273. The van der Waals surface area contributed by atoms with Crippen LogP contribution in [0.1, 0.15) is 35.2 Å². The van der Waals surface area contributed by atoms with Gasteiger partial charge in [-0.1, -0.05) is 47.3 Å². The van der Waals surface area contributed by atoms with Gasteiger partial charge in [0.1, 0.15) is 10.7 Å². The van der Waals surface area contributed by atoms with Crippen LogP contribution < -0.4 is 5.32 Å². The summed E-state index contributed by atoms with van der Waals surface area (Å²) in [4.78, 5) is 12.7. The SMILES string of the molecule is O=C(Nc1cnn(Cc2c(F)cccc2Cl)c1)c1cc(S(=O)(=O)N2CCCCC2)c(Cl)cc1Cl. The zero-order valence-electron chi connectivity index (χ0n) is 17.8. The molecule has 180 valence electrons. The van der Waals surface area contributed by atoms with Crippen molar-refractivity contribution in [2.75, 3.05) is 18.4 Å². The lowest BCUT2D eigenvalue weighted by atomic mass is 10.2. The van der Waals surface area contributed by atoms with E-state index in [1.54, 1.807) is 6.07 Å². The predicted molar refractivity (Wildman–Crippen MR) is 130 cm³/mol. The minimum Gasteiger partial charge on any atom is -0.319 e. The molecular weight excluding hydrogens is 526 g/mol. The maximum absolute atomic E-state index is 14.0. The third-order valence-electron chi connectivity index (χ3n) is 5.47. The van der Waals surface area contributed by atoms with Gasteiger partial charge in [0.2, 0.25) is 10.0 Å². The third kappa shape index (κ3) is 5.23. The van der Waals surface area contributed by atoms with Crippen LogP contribution in [0.25, 0.3) is 0 Å². The third-order valence-corrected chi connectivity index (χ3v) is 8.50. The number of anilines is 1. The van der Waals surface area contributed by atoms with Crippen LogP contribution in [0, 0.1) is 5.82 Å². The second-order valence-corrected chi connectivity index (χ2v) is 10.9. The van der Waals surface area contributed by atoms with Crippen molar-refractivity contribution in [1.29, 1.82) is 0 Å². The van der Waals surface area contributed by atoms with E-state index < -0.39 is 21.7 Å². The van der Waals surface area contributed by atoms with Gasteiger partial charge in [-0.05, 0) is 37.1 Å². The summed E-state index contributed by atoms with van der Waals surface area (Å²) in [5.74, 6) is -1.11. The number of carbonyl (C=O) groups is 1. The van der Waals surface area contributed by atoms with Crippen molar-refractivity contribution in [3.63, 3.8) is 0 Å². The van der Waals surface area contributed by atoms with Crippen molar-refractivity contribution >= 4 is 56.4 Å². The number of hydrogen-bond donors (Lipinski definition) is 1. The number of nitrogens with one attached hydrogen (secondary N) is 1. The Bertz CT molecular complexity index is 1320. The lowest BCUT2D eigenvalue weighted by Crippen LogP contribution is -2.35. The minimum absolute atomic E-state index is 0.00521. The van der Waals surface area contributed by atoms with Gasteiger partial charge in [-0.2, -0.15) is 9.40 Å². The molecule has 0 unspecified atom stereocenters. The summed E-state index contributed by atoms with van der Waals surface area (Å²) in [5.41, 5.74) is 0.522. The summed E-state index contributed by atoms with van der Waals surface area (Å²) in [6.45, 7) is 0.851. The lowest BCUT2D eigenvalue weighted by molar-refractivity contribution is 0.102. The highest BCUT2D eigenvalue weighted by atomic mass is 35.5. The first kappa shape index (κ1) is 24.9. The molecular formula is C22H20Cl3FN4O3S. The molecule has 1 amide bonds. The van der Waals surface area contributed by atoms with E-state index in [0.717, 1.165) is 19.3 Å². The maximum Gasteiger partial charge on any atom is 0.257 e. The normalized spacial score (nSPS) is 14.8. The summed E-state index contributed by atoms with van der Waals surface area (Å²) < 4.78 is 43.0. The van der Waals surface area contributed by atoms with Gasteiger partial charge in [0.15, 0.2) is 0 Å². The fourth-order valence-corrected chi connectivity index (χ4v) is 6.28. The van der Waals surface area contributed by atoms with Gasteiger partial charge in [0.25, 0.3) is 5.91 Å². The van der Waals surface area contributed by atoms with Gasteiger partial charge in [0, 0.05) is 29.9 Å². The van der Waals surface area contributed by atoms with Crippen molar-refractivity contribution in [1.82, 2.24) is 14.1 Å². The molecule has 1 aliphatic rings. The maximum atomic E-state index is 14.0. The highest BCUT2D eigenvalue weighted by Gasteiger charge is 2.30. The first-order chi connectivity index (χ1) is 16.2. The second-order valence-electron chi connectivity index (χ2n) is 7.81. The zero-order chi connectivity index (χ0) is 24.5. The number of amides is 1. The number of rotatable bonds is 6. The van der Waals surface area contributed by atoms with Crippen LogP contribution in [0.3, 0.4) is 0 Å². The number of halogens is 4. The molecule has 0 saturated carbocycles. The van der Waals surface area contributed by atoms with Gasteiger partial charge in [0.05, 0.1) is 34.0 Å². The smallest absolute Gasteiger partial charge is 0.257 e. The zero-order valence-corrected chi connectivity index (χ0v) is 20.9. The monoisotopic (exact) mass is 544 g/mol. The molecule has 1 N–H and O–H groups in total. The Morgan fingerprint density at radius 1 is 1.06 bits per heavy atom. The summed E-state index contributed by atoms with van der Waals surface area (Å²) in [7, 11) is -3.88. The van der Waals surface area contributed by atoms with Crippen molar-refractivity contribution in [3.05, 3.63) is 74.7 Å². The van der Waals surface area contributed by atoms with Crippen molar-refractivity contribution in [2.24, 2.45) is 0 Å². The van der Waals surface area contributed by atoms with Gasteiger partial charge >= 0.3 is 0 Å². The van der Waals surface area contributed by atoms with Gasteiger partial charge in [-0.15, -0.1) is 0 Å². The number of aromatic nitrogens is 2. The standard InChI is InChI=1S/C22H20Cl3FN4O3S/c23-17-5-4-6-20(26)16(17)13-29-12-14(11-27-29)28-22(31)15-9-21(19(25)10-18(15)24)34(32,33)30-7-2-1-3-8-30/h4-6,9-12H,1-3,7-8,13H2,(H,28,31). The highest BCUT2D eigenvalue weighted by Crippen LogP contribution is 2.32. The molecule has 0 atom stereocenters. The quantitative estimate of drug-likeness (QED) is 0.446. The molecule has 0 spiro atoms. The van der Waals surface area contributed by atoms with E-state index in [2.05, 4.69) is 10.4 Å². The molecule has 7 nitrogen and oxygen atoms in total. The predicted octanol–water partition coefficient (Wildman–Crippen LogP) is 5.46. The largest absolute Gasteiger partial charge is 0.319 e. The van der Waals surface area contributed by atoms with Crippen LogP contribution in [0.4, 0.5) is 10.1 Å². The van der Waals surface area contributed by atoms with E-state index >= 15 is 0 Å². The molecule has 12 heteroatoms. The van der Waals surface area contributed by atoms with Crippen LogP contribution in [0.15, 0.2) is 47.6 Å². The molecule has 1 fully saturated rings. The van der Waals surface area contributed by atoms with E-state index in [-0.39, 0.29) is 37.6 Å². The number of piperidine rings is 1. The highest BCUT2D eigenvalue weighted by molar-refractivity contribution is 7.89. The molecule has 0 aliphatic carbocycles. The summed E-state index contributed by atoms with van der Waals surface area (Å²) in [6, 6.07) is 6.81. The average Bonchev–Trinajstić information content (AvgIpc) is 3.23. The van der Waals surface area contributed by atoms with E-state index in [1.165, 1.54) is 45.6 Å². The molecule has 4 rings (SSSR count). The minimum atomic E-state index is -3.88. The molecule has 0 radical (unpaired) electrons. The Labute approximate surface area is 211 Å². The van der Waals surface area contributed by atoms with E-state index in [1.807, 2.05) is 0 Å².